The van der Waals surface area contributed by atoms with Crippen molar-refractivity contribution in [2.45, 2.75) is 75.2 Å². The van der Waals surface area contributed by atoms with Crippen LogP contribution in [0.2, 0.25) is 0 Å². The highest BCUT2D eigenvalue weighted by Gasteiger charge is 2.72. The molecule has 0 amide bonds. The van der Waals surface area contributed by atoms with Crippen LogP contribution >= 0.6 is 0 Å². The van der Waals surface area contributed by atoms with Crippen LogP contribution < -0.4 is 15.2 Å². The monoisotopic (exact) mass is 446 g/mol. The predicted octanol–water partition coefficient (Wildman–Crippen LogP) is 1.49. The van der Waals surface area contributed by atoms with E-state index in [1.165, 1.54) is 5.56 Å². The van der Waals surface area contributed by atoms with Gasteiger partial charge in [-0.05, 0) is 56.8 Å². The van der Waals surface area contributed by atoms with Gasteiger partial charge in [0.25, 0.3) is 0 Å². The van der Waals surface area contributed by atoms with Gasteiger partial charge in [-0.2, -0.15) is 0 Å². The quantitative estimate of drug-likeness (QED) is 0.636. The Balaban J connectivity index is 0.000000234. The molecule has 1 saturated carbocycles. The lowest BCUT2D eigenvalue weighted by molar-refractivity contribution is -0.185. The van der Waals surface area contributed by atoms with Crippen molar-refractivity contribution in [3.05, 3.63) is 23.3 Å². The van der Waals surface area contributed by atoms with E-state index in [9.17, 15) is 14.7 Å². The number of aliphatic hydroxyl groups is 1. The standard InChI is InChI=1S/C18H21NO4.C6H13NO2/c1-19-8-7-17-14-10-3-4-12(22-2)15(14)23-16(17)11(20)5-6-18(17,21)13(19)9-10;1-4(2)3-5(7)6(8)9/h3-4,13,16,21H,5-9H2,1-2H3;4-5H,3,7H2,1-2H3,(H,8,9)/t13-,16+,17+,18-;5-/m10/s1. The number of aliphatic carboxylic acids is 1. The summed E-state index contributed by atoms with van der Waals surface area (Å²) in [6, 6.07) is 3.36. The highest BCUT2D eigenvalue weighted by Crippen LogP contribution is 2.64. The summed E-state index contributed by atoms with van der Waals surface area (Å²) in [5.41, 5.74) is 5.96. The number of nitrogens with zero attached hydrogens (tertiary/aromatic N) is 1. The minimum absolute atomic E-state index is 0.0438. The zero-order chi connectivity index (χ0) is 23.4. The van der Waals surface area contributed by atoms with Crippen molar-refractivity contribution >= 4 is 11.8 Å². The number of benzene rings is 1. The van der Waals surface area contributed by atoms with Gasteiger partial charge in [0, 0.05) is 18.0 Å². The van der Waals surface area contributed by atoms with E-state index in [1.807, 2.05) is 19.9 Å². The molecule has 1 saturated heterocycles. The molecule has 2 heterocycles. The topological polar surface area (TPSA) is 122 Å². The average molecular weight is 447 g/mol. The molecule has 176 valence electrons. The number of Topliss-reactive ketones (excluding diaryl/α,β-unsaturated/α-hetero) is 1. The van der Waals surface area contributed by atoms with E-state index in [0.29, 0.717) is 36.7 Å². The first-order valence-electron chi connectivity index (χ1n) is 11.4. The smallest absolute Gasteiger partial charge is 0.320 e. The van der Waals surface area contributed by atoms with Crippen LogP contribution in [0.3, 0.4) is 0 Å². The van der Waals surface area contributed by atoms with E-state index >= 15 is 0 Å². The minimum atomic E-state index is -0.913. The van der Waals surface area contributed by atoms with E-state index in [-0.39, 0.29) is 11.8 Å². The number of nitrogens with two attached hydrogens (primary N) is 1. The molecule has 1 aromatic carbocycles. The number of hydrogen-bond acceptors (Lipinski definition) is 7. The largest absolute Gasteiger partial charge is 0.493 e. The van der Waals surface area contributed by atoms with Crippen molar-refractivity contribution in [3.63, 3.8) is 0 Å². The molecule has 5 atom stereocenters. The Morgan fingerprint density at radius 3 is 2.69 bits per heavy atom. The van der Waals surface area contributed by atoms with Crippen LogP contribution in [0.5, 0.6) is 11.5 Å². The van der Waals surface area contributed by atoms with E-state index in [1.54, 1.807) is 7.11 Å². The van der Waals surface area contributed by atoms with E-state index in [4.69, 9.17) is 20.3 Å². The van der Waals surface area contributed by atoms with Gasteiger partial charge in [0.15, 0.2) is 23.4 Å². The number of likely N-dealkylation sites (tertiary alicyclic amines) is 1. The maximum absolute atomic E-state index is 12.7. The molecule has 1 aromatic rings. The Kier molecular flexibility index (Phi) is 5.76. The van der Waals surface area contributed by atoms with Gasteiger partial charge in [-0.25, -0.2) is 0 Å². The molecular weight excluding hydrogens is 412 g/mol. The van der Waals surface area contributed by atoms with Crippen LogP contribution in [0, 0.1) is 5.92 Å². The van der Waals surface area contributed by atoms with Crippen LogP contribution in [-0.2, 0) is 21.4 Å². The summed E-state index contributed by atoms with van der Waals surface area (Å²) in [7, 11) is 3.70. The minimum Gasteiger partial charge on any atom is -0.493 e. The number of carboxylic acid groups (broad SMARTS) is 1. The van der Waals surface area contributed by atoms with Crippen molar-refractivity contribution in [1.29, 1.82) is 0 Å². The number of methoxy groups -OCH3 is 1. The molecule has 2 fully saturated rings. The van der Waals surface area contributed by atoms with Crippen molar-refractivity contribution in [3.8, 4) is 11.5 Å². The molecule has 0 radical (unpaired) electrons. The van der Waals surface area contributed by atoms with E-state index < -0.39 is 29.1 Å². The SMILES string of the molecule is CC(C)C[C@H](N)C(=O)O.COc1ccc2c3c1O[C@H]1C(=O)CC[C@@]4(O)[C@@H](C2)N(C)CC[C@]314. The summed E-state index contributed by atoms with van der Waals surface area (Å²) < 4.78 is 11.6. The fourth-order valence-corrected chi connectivity index (χ4v) is 6.29. The Morgan fingerprint density at radius 1 is 1.38 bits per heavy atom. The molecule has 1 spiro atoms. The molecule has 4 N–H and O–H groups in total. The number of ether oxygens (including phenoxy) is 2. The molecule has 8 heteroatoms. The molecule has 2 aliphatic heterocycles. The van der Waals surface area contributed by atoms with Crippen molar-refractivity contribution < 1.29 is 29.3 Å². The first-order valence-corrected chi connectivity index (χ1v) is 11.4. The van der Waals surface area contributed by atoms with Gasteiger partial charge in [0.1, 0.15) is 6.04 Å². The highest BCUT2D eigenvalue weighted by atomic mass is 16.5. The van der Waals surface area contributed by atoms with Crippen LogP contribution in [0.25, 0.3) is 0 Å². The third-order valence-electron chi connectivity index (χ3n) is 7.77. The summed E-state index contributed by atoms with van der Waals surface area (Å²) in [6.45, 7) is 4.77. The molecule has 2 bridgehead atoms. The predicted molar refractivity (Wildman–Crippen MR) is 118 cm³/mol. The summed E-state index contributed by atoms with van der Waals surface area (Å²) in [6.07, 6.45) is 2.44. The number of carbonyl (C=O) groups is 2. The number of carbonyl (C=O) groups excluding carboxylic acids is 1. The van der Waals surface area contributed by atoms with E-state index in [0.717, 1.165) is 24.9 Å². The Labute approximate surface area is 188 Å². The number of rotatable bonds is 4. The molecule has 0 aromatic heterocycles. The van der Waals surface area contributed by atoms with Crippen LogP contribution in [0.15, 0.2) is 12.1 Å². The first kappa shape index (κ1) is 23.0. The molecule has 32 heavy (non-hydrogen) atoms. The average Bonchev–Trinajstić information content (AvgIpc) is 3.09. The fraction of sp³-hybridized carbons (Fsp3) is 0.667. The molecule has 0 unspecified atom stereocenters. The third-order valence-corrected chi connectivity index (χ3v) is 7.77. The van der Waals surface area contributed by atoms with Gasteiger partial charge < -0.3 is 30.3 Å². The van der Waals surface area contributed by atoms with Crippen molar-refractivity contribution in [1.82, 2.24) is 4.90 Å². The third kappa shape index (κ3) is 3.15. The Bertz CT molecular complexity index is 933. The van der Waals surface area contributed by atoms with Crippen molar-refractivity contribution in [2.75, 3.05) is 20.7 Å². The number of likely N-dealkylation sites (N-methyl/N-ethyl adjacent to an activating group) is 1. The second kappa shape index (κ2) is 8.01. The second-order valence-corrected chi connectivity index (χ2v) is 10.0. The zero-order valence-electron chi connectivity index (χ0n) is 19.3. The molecule has 2 aliphatic carbocycles. The molecule has 5 rings (SSSR count). The lowest BCUT2D eigenvalue weighted by atomic mass is 9.49. The number of piperidine rings is 1. The Hall–Kier alpha value is -2.16. The Morgan fingerprint density at radius 2 is 2.09 bits per heavy atom. The van der Waals surface area contributed by atoms with Crippen LogP contribution in [0.1, 0.15) is 50.7 Å². The maximum Gasteiger partial charge on any atom is 0.320 e. The van der Waals surface area contributed by atoms with Gasteiger partial charge in [-0.1, -0.05) is 19.9 Å². The van der Waals surface area contributed by atoms with Crippen LogP contribution in [0.4, 0.5) is 0 Å². The van der Waals surface area contributed by atoms with Gasteiger partial charge in [0.05, 0.1) is 18.1 Å². The van der Waals surface area contributed by atoms with Gasteiger partial charge in [-0.15, -0.1) is 0 Å². The normalized spacial score (nSPS) is 33.0. The summed E-state index contributed by atoms with van der Waals surface area (Å²) in [5, 5.41) is 20.1. The summed E-state index contributed by atoms with van der Waals surface area (Å²) in [4.78, 5) is 25.0. The molecule has 4 aliphatic rings. The molecular formula is C24H34N2O6. The van der Waals surface area contributed by atoms with Gasteiger partial charge in [-0.3, -0.25) is 9.59 Å². The van der Waals surface area contributed by atoms with Crippen molar-refractivity contribution in [2.24, 2.45) is 11.7 Å². The van der Waals surface area contributed by atoms with Crippen LogP contribution in [-0.4, -0.2) is 71.4 Å². The molecule has 8 nitrogen and oxygen atoms in total. The highest BCUT2D eigenvalue weighted by molar-refractivity contribution is 5.90. The number of ketones is 1. The second-order valence-electron chi connectivity index (χ2n) is 10.0. The zero-order valence-corrected chi connectivity index (χ0v) is 19.3. The lowest BCUT2D eigenvalue weighted by Crippen LogP contribution is -2.76. The fourth-order valence-electron chi connectivity index (χ4n) is 6.29. The number of hydrogen-bond donors (Lipinski definition) is 3. The number of carboxylic acids is 1. The van der Waals surface area contributed by atoms with E-state index in [2.05, 4.69) is 18.0 Å². The summed E-state index contributed by atoms with van der Waals surface area (Å²) in [5.74, 6) is 0.913. The first-order chi connectivity index (χ1) is 15.1. The maximum atomic E-state index is 12.7. The summed E-state index contributed by atoms with van der Waals surface area (Å²) >= 11 is 0. The lowest BCUT2D eigenvalue weighted by Gasteiger charge is -2.62. The van der Waals surface area contributed by atoms with Gasteiger partial charge in [0.2, 0.25) is 0 Å². The van der Waals surface area contributed by atoms with Gasteiger partial charge >= 0.3 is 5.97 Å².